The monoisotopic (exact) mass is 353 g/mol. The maximum Gasteiger partial charge on any atom is 0.228 e. The number of halogens is 2. The van der Waals surface area contributed by atoms with Crippen LogP contribution >= 0.6 is 23.2 Å². The Bertz CT molecular complexity index is 611. The fourth-order valence-electron chi connectivity index (χ4n) is 4.54. The molecule has 3 aliphatic rings. The van der Waals surface area contributed by atoms with Gasteiger partial charge in [0.1, 0.15) is 10.1 Å². The average Bonchev–Trinajstić information content (AvgIpc) is 3.32. The maximum absolute atomic E-state index is 12.6. The quantitative estimate of drug-likeness (QED) is 0.813. The molecule has 3 nitrogen and oxygen atoms in total. The van der Waals surface area contributed by atoms with Crippen molar-refractivity contribution >= 4 is 34.8 Å². The second-order valence-corrected chi connectivity index (χ2v) is 8.56. The smallest absolute Gasteiger partial charge is 0.228 e. The molecule has 3 saturated carbocycles. The summed E-state index contributed by atoms with van der Waals surface area (Å²) >= 11 is 12.7. The summed E-state index contributed by atoms with van der Waals surface area (Å²) in [7, 11) is 1.63. The van der Waals surface area contributed by atoms with Crippen LogP contribution in [0.3, 0.4) is 0 Å². The van der Waals surface area contributed by atoms with Crippen molar-refractivity contribution in [3.63, 3.8) is 0 Å². The third kappa shape index (κ3) is 2.72. The van der Waals surface area contributed by atoms with E-state index in [2.05, 4.69) is 5.32 Å². The van der Waals surface area contributed by atoms with Gasteiger partial charge in [0, 0.05) is 17.7 Å². The van der Waals surface area contributed by atoms with Gasteiger partial charge in [-0.1, -0.05) is 6.07 Å². The molecule has 1 aromatic rings. The number of nitrogens with one attached hydrogen (secondary N) is 1. The van der Waals surface area contributed by atoms with E-state index < -0.39 is 4.33 Å². The molecule has 4 rings (SSSR count). The van der Waals surface area contributed by atoms with Gasteiger partial charge in [-0.05, 0) is 61.5 Å². The first-order valence-corrected chi connectivity index (χ1v) is 9.10. The normalized spacial score (nSPS) is 36.7. The first-order valence-electron chi connectivity index (χ1n) is 8.35. The number of anilines is 1. The molecule has 0 aliphatic heterocycles. The zero-order chi connectivity index (χ0) is 16.2. The molecule has 0 spiro atoms. The molecule has 0 saturated heterocycles. The lowest BCUT2D eigenvalue weighted by atomic mass is 10.0. The molecule has 3 fully saturated rings. The third-order valence-electron chi connectivity index (χ3n) is 5.96. The summed E-state index contributed by atoms with van der Waals surface area (Å²) in [6.45, 7) is 0. The van der Waals surface area contributed by atoms with E-state index in [1.54, 1.807) is 7.11 Å². The van der Waals surface area contributed by atoms with Gasteiger partial charge < -0.3 is 10.1 Å². The Morgan fingerprint density at radius 3 is 2.43 bits per heavy atom. The number of fused-ring (bicyclic) bond motifs is 2. The molecule has 124 valence electrons. The topological polar surface area (TPSA) is 38.3 Å². The molecular formula is C18H21Cl2NO2. The van der Waals surface area contributed by atoms with Crippen molar-refractivity contribution in [2.24, 2.45) is 29.6 Å². The van der Waals surface area contributed by atoms with Crippen LogP contribution in [0.4, 0.5) is 5.69 Å². The number of rotatable bonds is 3. The number of benzene rings is 1. The summed E-state index contributed by atoms with van der Waals surface area (Å²) in [5, 5.41) is 3.04. The molecule has 1 N–H and O–H groups in total. The van der Waals surface area contributed by atoms with Gasteiger partial charge in [0.2, 0.25) is 5.91 Å². The number of hydrogen-bond donors (Lipinski definition) is 1. The number of carbonyl (C=O) groups is 1. The zero-order valence-electron chi connectivity index (χ0n) is 13.1. The van der Waals surface area contributed by atoms with Crippen LogP contribution in [-0.4, -0.2) is 17.4 Å². The van der Waals surface area contributed by atoms with Crippen LogP contribution in [-0.2, 0) is 4.79 Å². The minimum Gasteiger partial charge on any atom is -0.497 e. The minimum atomic E-state index is -0.491. The van der Waals surface area contributed by atoms with E-state index in [1.807, 2.05) is 24.3 Å². The maximum atomic E-state index is 12.6. The van der Waals surface area contributed by atoms with Crippen molar-refractivity contribution in [2.75, 3.05) is 12.4 Å². The lowest BCUT2D eigenvalue weighted by molar-refractivity contribution is -0.117. The first-order chi connectivity index (χ1) is 11.0. The van der Waals surface area contributed by atoms with E-state index in [1.165, 1.54) is 0 Å². The van der Waals surface area contributed by atoms with E-state index in [-0.39, 0.29) is 11.8 Å². The van der Waals surface area contributed by atoms with Crippen LogP contribution in [0.5, 0.6) is 5.75 Å². The number of ether oxygens (including phenoxy) is 1. The van der Waals surface area contributed by atoms with Crippen molar-refractivity contribution in [1.82, 2.24) is 0 Å². The third-order valence-corrected chi connectivity index (χ3v) is 7.08. The molecule has 0 aromatic heterocycles. The van der Waals surface area contributed by atoms with Gasteiger partial charge >= 0.3 is 0 Å². The van der Waals surface area contributed by atoms with E-state index in [0.29, 0.717) is 23.7 Å². The summed E-state index contributed by atoms with van der Waals surface area (Å²) in [6, 6.07) is 7.51. The zero-order valence-corrected chi connectivity index (χ0v) is 14.6. The second kappa shape index (κ2) is 5.56. The molecule has 5 atom stereocenters. The molecule has 23 heavy (non-hydrogen) atoms. The van der Waals surface area contributed by atoms with Crippen molar-refractivity contribution < 1.29 is 9.53 Å². The average molecular weight is 354 g/mol. The van der Waals surface area contributed by atoms with E-state index >= 15 is 0 Å². The van der Waals surface area contributed by atoms with Crippen molar-refractivity contribution in [3.05, 3.63) is 24.3 Å². The molecule has 1 aromatic carbocycles. The highest BCUT2D eigenvalue weighted by molar-refractivity contribution is 6.51. The van der Waals surface area contributed by atoms with Gasteiger partial charge in [-0.15, -0.1) is 23.2 Å². The molecular weight excluding hydrogens is 333 g/mol. The van der Waals surface area contributed by atoms with Gasteiger partial charge in [0.15, 0.2) is 0 Å². The van der Waals surface area contributed by atoms with Crippen LogP contribution in [0.1, 0.15) is 25.7 Å². The molecule has 1 amide bonds. The molecule has 3 aliphatic carbocycles. The van der Waals surface area contributed by atoms with E-state index in [4.69, 9.17) is 27.9 Å². The van der Waals surface area contributed by atoms with Crippen molar-refractivity contribution in [2.45, 2.75) is 30.0 Å². The minimum absolute atomic E-state index is 0.145. The van der Waals surface area contributed by atoms with Gasteiger partial charge in [-0.3, -0.25) is 4.79 Å². The van der Waals surface area contributed by atoms with Gasteiger partial charge in [-0.2, -0.15) is 0 Å². The van der Waals surface area contributed by atoms with Crippen LogP contribution in [0, 0.1) is 29.6 Å². The van der Waals surface area contributed by atoms with E-state index in [9.17, 15) is 4.79 Å². The Kier molecular flexibility index (Phi) is 3.77. The number of amides is 1. The van der Waals surface area contributed by atoms with Crippen LogP contribution in [0.25, 0.3) is 0 Å². The van der Waals surface area contributed by atoms with Gasteiger partial charge in [0.25, 0.3) is 0 Å². The predicted octanol–water partition coefficient (Wildman–Crippen LogP) is 4.49. The number of methoxy groups -OCH3 is 1. The summed E-state index contributed by atoms with van der Waals surface area (Å²) in [5.41, 5.74) is 0.803. The predicted molar refractivity (Wildman–Crippen MR) is 92.0 cm³/mol. The standard InChI is InChI=1S/C18H21Cl2NO2/c1-23-11-4-2-3-10(9-11)21-17(22)16-12-5-7-14-15(18(14,19)20)8-6-13(12)16/h2-4,9,12-16H,5-8H2,1H3,(H,21,22)/t12-,13+,14-,15+,16?. The Hall–Kier alpha value is -0.930. The molecule has 0 radical (unpaired) electrons. The molecule has 0 bridgehead atoms. The van der Waals surface area contributed by atoms with Gasteiger partial charge in [-0.25, -0.2) is 0 Å². The number of alkyl halides is 2. The van der Waals surface area contributed by atoms with Crippen molar-refractivity contribution in [1.29, 1.82) is 0 Å². The fraction of sp³-hybridized carbons (Fsp3) is 0.611. The lowest BCUT2D eigenvalue weighted by Crippen LogP contribution is -2.15. The Morgan fingerprint density at radius 2 is 1.83 bits per heavy atom. The molecule has 0 heterocycles. The highest BCUT2D eigenvalue weighted by Crippen LogP contribution is 2.67. The first kappa shape index (κ1) is 15.6. The second-order valence-electron chi connectivity index (χ2n) is 7.12. The van der Waals surface area contributed by atoms with Crippen LogP contribution in [0.15, 0.2) is 24.3 Å². The summed E-state index contributed by atoms with van der Waals surface area (Å²) in [6.07, 6.45) is 4.26. The van der Waals surface area contributed by atoms with Crippen LogP contribution < -0.4 is 10.1 Å². The number of hydrogen-bond acceptors (Lipinski definition) is 2. The SMILES string of the molecule is COc1cccc(NC(=O)C2[C@H]3CC[C@H]4[C@@H](CC[C@@H]23)C4(Cl)Cl)c1. The summed E-state index contributed by atoms with van der Waals surface area (Å²) in [4.78, 5) is 12.6. The summed E-state index contributed by atoms with van der Waals surface area (Å²) < 4.78 is 4.71. The highest BCUT2D eigenvalue weighted by Gasteiger charge is 2.65. The number of carbonyl (C=O) groups excluding carboxylic acids is 1. The Labute approximate surface area is 146 Å². The highest BCUT2D eigenvalue weighted by atomic mass is 35.5. The Balaban J connectivity index is 1.38. The molecule has 5 heteroatoms. The Morgan fingerprint density at radius 1 is 1.17 bits per heavy atom. The van der Waals surface area contributed by atoms with Crippen molar-refractivity contribution in [3.8, 4) is 5.75 Å². The molecule has 1 unspecified atom stereocenters. The van der Waals surface area contributed by atoms with Crippen LogP contribution in [0.2, 0.25) is 0 Å². The lowest BCUT2D eigenvalue weighted by Gasteiger charge is -2.07. The van der Waals surface area contributed by atoms with Gasteiger partial charge in [0.05, 0.1) is 7.11 Å². The fourth-order valence-corrected chi connectivity index (χ4v) is 5.46. The van der Waals surface area contributed by atoms with E-state index in [0.717, 1.165) is 37.1 Å². The summed E-state index contributed by atoms with van der Waals surface area (Å²) in [5.74, 6) is 2.94. The largest absolute Gasteiger partial charge is 0.497 e.